The number of hydrogen-bond acceptors (Lipinski definition) is 3. The van der Waals surface area contributed by atoms with E-state index in [1.165, 1.54) is 0 Å². The Bertz CT molecular complexity index is 571. The van der Waals surface area contributed by atoms with Crippen molar-refractivity contribution in [3.05, 3.63) is 24.3 Å². The highest BCUT2D eigenvalue weighted by molar-refractivity contribution is 5.95. The van der Waals surface area contributed by atoms with Crippen LogP contribution in [0.4, 0.5) is 20.2 Å². The van der Waals surface area contributed by atoms with Crippen LogP contribution in [-0.4, -0.2) is 37.5 Å². The Morgan fingerprint density at radius 1 is 1.35 bits per heavy atom. The molecule has 1 unspecified atom stereocenters. The Balaban J connectivity index is 1.62. The largest absolute Gasteiger partial charge is 0.371 e. The number of hydrogen-bond donors (Lipinski definition) is 2. The molecule has 2 aliphatic heterocycles. The van der Waals surface area contributed by atoms with Gasteiger partial charge in [-0.25, -0.2) is 8.78 Å². The predicted molar refractivity (Wildman–Crippen MR) is 87.0 cm³/mol. The molecule has 0 aliphatic carbocycles. The summed E-state index contributed by atoms with van der Waals surface area (Å²) in [6, 6.07) is 6.79. The van der Waals surface area contributed by atoms with E-state index in [1.54, 1.807) is 6.07 Å². The molecule has 23 heavy (non-hydrogen) atoms. The molecule has 0 radical (unpaired) electrons. The molecule has 0 saturated carbocycles. The average Bonchev–Trinajstić information content (AvgIpc) is 2.88. The van der Waals surface area contributed by atoms with Crippen LogP contribution in [0.1, 0.15) is 26.2 Å². The smallest absolute Gasteiger partial charge is 0.262 e. The number of amides is 1. The van der Waals surface area contributed by atoms with Crippen LogP contribution in [0.25, 0.3) is 0 Å². The molecule has 0 bridgehead atoms. The minimum atomic E-state index is -2.80. The van der Waals surface area contributed by atoms with Gasteiger partial charge in [0.1, 0.15) is 0 Å². The van der Waals surface area contributed by atoms with E-state index in [1.807, 2.05) is 18.2 Å². The molecular formula is C17H23F2N3O. The minimum Gasteiger partial charge on any atom is -0.371 e. The van der Waals surface area contributed by atoms with Crippen LogP contribution >= 0.6 is 0 Å². The molecule has 1 atom stereocenters. The average molecular weight is 323 g/mol. The molecule has 1 aromatic rings. The summed E-state index contributed by atoms with van der Waals surface area (Å²) in [4.78, 5) is 14.4. The Morgan fingerprint density at radius 2 is 2.09 bits per heavy atom. The SMILES string of the molecule is CC1CCN(c2cccc(NC(=O)C3CC(F)(F)CN3)c2)CC1. The normalized spacial score (nSPS) is 24.7. The van der Waals surface area contributed by atoms with E-state index >= 15 is 0 Å². The van der Waals surface area contributed by atoms with Crippen LogP contribution in [0.2, 0.25) is 0 Å². The van der Waals surface area contributed by atoms with Crippen LogP contribution in [0.15, 0.2) is 24.3 Å². The Morgan fingerprint density at radius 3 is 2.74 bits per heavy atom. The van der Waals surface area contributed by atoms with Crippen LogP contribution < -0.4 is 15.5 Å². The molecule has 0 aromatic heterocycles. The van der Waals surface area contributed by atoms with Gasteiger partial charge in [0.15, 0.2) is 0 Å². The number of piperidine rings is 1. The summed E-state index contributed by atoms with van der Waals surface area (Å²) in [6.45, 7) is 3.85. The van der Waals surface area contributed by atoms with Crippen LogP contribution in [0.3, 0.4) is 0 Å². The maximum atomic E-state index is 13.2. The van der Waals surface area contributed by atoms with Crippen molar-refractivity contribution in [2.45, 2.75) is 38.2 Å². The van der Waals surface area contributed by atoms with Crippen LogP contribution in [0, 0.1) is 5.92 Å². The van der Waals surface area contributed by atoms with E-state index in [4.69, 9.17) is 0 Å². The fourth-order valence-electron chi connectivity index (χ4n) is 3.18. The fraction of sp³-hybridized carbons (Fsp3) is 0.588. The van der Waals surface area contributed by atoms with Gasteiger partial charge >= 0.3 is 0 Å². The third kappa shape index (κ3) is 3.99. The van der Waals surface area contributed by atoms with Gasteiger partial charge in [0.05, 0.1) is 12.6 Å². The first kappa shape index (κ1) is 16.2. The molecule has 3 rings (SSSR count). The zero-order valence-electron chi connectivity index (χ0n) is 13.3. The third-order valence-electron chi connectivity index (χ3n) is 4.69. The summed E-state index contributed by atoms with van der Waals surface area (Å²) >= 11 is 0. The molecule has 126 valence electrons. The molecule has 1 amide bonds. The maximum Gasteiger partial charge on any atom is 0.262 e. The van der Waals surface area contributed by atoms with E-state index < -0.39 is 30.8 Å². The van der Waals surface area contributed by atoms with Crippen molar-refractivity contribution in [1.29, 1.82) is 0 Å². The number of carbonyl (C=O) groups excluding carboxylic acids is 1. The molecule has 2 saturated heterocycles. The van der Waals surface area contributed by atoms with Gasteiger partial charge in [-0.3, -0.25) is 10.1 Å². The van der Waals surface area contributed by atoms with Crippen molar-refractivity contribution in [2.24, 2.45) is 5.92 Å². The summed E-state index contributed by atoms with van der Waals surface area (Å²) in [6.07, 6.45) is 1.89. The zero-order valence-corrected chi connectivity index (χ0v) is 13.3. The first-order chi connectivity index (χ1) is 10.9. The topological polar surface area (TPSA) is 44.4 Å². The molecule has 6 heteroatoms. The Hall–Kier alpha value is -1.69. The van der Waals surface area contributed by atoms with Gasteiger partial charge in [-0.1, -0.05) is 13.0 Å². The highest BCUT2D eigenvalue weighted by Crippen LogP contribution is 2.27. The molecule has 2 N–H and O–H groups in total. The van der Waals surface area contributed by atoms with E-state index in [0.29, 0.717) is 5.69 Å². The summed E-state index contributed by atoms with van der Waals surface area (Å²) in [5.74, 6) is -2.44. The fourth-order valence-corrected chi connectivity index (χ4v) is 3.18. The van der Waals surface area contributed by atoms with Crippen molar-refractivity contribution < 1.29 is 13.6 Å². The number of anilines is 2. The second-order valence-electron chi connectivity index (χ2n) is 6.70. The third-order valence-corrected chi connectivity index (χ3v) is 4.69. The zero-order chi connectivity index (χ0) is 16.4. The number of benzene rings is 1. The number of carbonyl (C=O) groups is 1. The highest BCUT2D eigenvalue weighted by Gasteiger charge is 2.42. The summed E-state index contributed by atoms with van der Waals surface area (Å²) < 4.78 is 26.4. The number of nitrogens with zero attached hydrogens (tertiary/aromatic N) is 1. The van der Waals surface area contributed by atoms with Gasteiger partial charge in [-0.15, -0.1) is 0 Å². The Labute approximate surface area is 135 Å². The van der Waals surface area contributed by atoms with Crippen molar-refractivity contribution in [3.8, 4) is 0 Å². The van der Waals surface area contributed by atoms with E-state index in [-0.39, 0.29) is 0 Å². The lowest BCUT2D eigenvalue weighted by Crippen LogP contribution is -2.35. The van der Waals surface area contributed by atoms with Gasteiger partial charge < -0.3 is 10.2 Å². The van der Waals surface area contributed by atoms with Crippen molar-refractivity contribution >= 4 is 17.3 Å². The van der Waals surface area contributed by atoms with Gasteiger partial charge in [-0.2, -0.15) is 0 Å². The van der Waals surface area contributed by atoms with Crippen molar-refractivity contribution in [3.63, 3.8) is 0 Å². The maximum absolute atomic E-state index is 13.2. The monoisotopic (exact) mass is 323 g/mol. The summed E-state index contributed by atoms with van der Waals surface area (Å²) in [5.41, 5.74) is 1.72. The number of alkyl halides is 2. The number of nitrogens with one attached hydrogen (secondary N) is 2. The minimum absolute atomic E-state index is 0.397. The van der Waals surface area contributed by atoms with Gasteiger partial charge in [0.25, 0.3) is 5.92 Å². The number of rotatable bonds is 3. The predicted octanol–water partition coefficient (Wildman–Crippen LogP) is 2.86. The van der Waals surface area contributed by atoms with E-state index in [9.17, 15) is 13.6 Å². The number of halogens is 2. The molecule has 2 aliphatic rings. The van der Waals surface area contributed by atoms with Crippen LogP contribution in [-0.2, 0) is 4.79 Å². The van der Waals surface area contributed by atoms with Crippen molar-refractivity contribution in [1.82, 2.24) is 5.32 Å². The van der Waals surface area contributed by atoms with Gasteiger partial charge in [0, 0.05) is 30.9 Å². The Kier molecular flexibility index (Phi) is 4.53. The molecule has 4 nitrogen and oxygen atoms in total. The van der Waals surface area contributed by atoms with Crippen LogP contribution in [0.5, 0.6) is 0 Å². The van der Waals surface area contributed by atoms with Gasteiger partial charge in [0.2, 0.25) is 5.91 Å². The first-order valence-electron chi connectivity index (χ1n) is 8.20. The quantitative estimate of drug-likeness (QED) is 0.899. The molecule has 1 aromatic carbocycles. The summed E-state index contributed by atoms with van der Waals surface area (Å²) in [7, 11) is 0. The van der Waals surface area contributed by atoms with E-state index in [0.717, 1.165) is 37.5 Å². The standard InChI is InChI=1S/C17H23F2N3O/c1-12-5-7-22(8-6-12)14-4-2-3-13(9-14)21-16(23)15-10-17(18,19)11-20-15/h2-4,9,12,15,20H,5-8,10-11H2,1H3,(H,21,23). The highest BCUT2D eigenvalue weighted by atomic mass is 19.3. The summed E-state index contributed by atoms with van der Waals surface area (Å²) in [5, 5.41) is 5.33. The van der Waals surface area contributed by atoms with Crippen molar-refractivity contribution in [2.75, 3.05) is 29.9 Å². The lowest BCUT2D eigenvalue weighted by Gasteiger charge is -2.32. The first-order valence-corrected chi connectivity index (χ1v) is 8.20. The molecule has 0 spiro atoms. The van der Waals surface area contributed by atoms with Gasteiger partial charge in [-0.05, 0) is 37.0 Å². The lowest BCUT2D eigenvalue weighted by atomic mass is 9.99. The molecular weight excluding hydrogens is 300 g/mol. The van der Waals surface area contributed by atoms with E-state index in [2.05, 4.69) is 22.5 Å². The molecule has 2 fully saturated rings. The second-order valence-corrected chi connectivity index (χ2v) is 6.70. The lowest BCUT2D eigenvalue weighted by molar-refractivity contribution is -0.118. The second kappa shape index (κ2) is 6.43. The molecule has 2 heterocycles.